The Morgan fingerprint density at radius 3 is 2.95 bits per heavy atom. The van der Waals surface area contributed by atoms with E-state index < -0.39 is 0 Å². The molecule has 7 heteroatoms. The minimum atomic E-state index is -0.253. The summed E-state index contributed by atoms with van der Waals surface area (Å²) in [6.45, 7) is 0.205. The average molecular weight is 288 g/mol. The van der Waals surface area contributed by atoms with Crippen molar-refractivity contribution < 1.29 is 9.53 Å². The van der Waals surface area contributed by atoms with Crippen molar-refractivity contribution in [3.05, 3.63) is 46.9 Å². The number of aromatic nitrogens is 2. The number of carbonyl (C=O) groups is 1. The number of nitrogen functional groups attached to an aromatic ring is 1. The molecule has 2 aromatic rings. The first-order valence-corrected chi connectivity index (χ1v) is 6.35. The first-order chi connectivity index (χ1) is 10.1. The van der Waals surface area contributed by atoms with Crippen LogP contribution in [0.4, 0.5) is 11.4 Å². The molecular weight excluding hydrogens is 272 g/mol. The summed E-state index contributed by atoms with van der Waals surface area (Å²) in [5.41, 5.74) is 6.45. The molecule has 0 aliphatic rings. The molecule has 0 atom stereocenters. The smallest absolute Gasteiger partial charge is 0.266 e. The van der Waals surface area contributed by atoms with Crippen molar-refractivity contribution in [2.24, 2.45) is 0 Å². The van der Waals surface area contributed by atoms with E-state index >= 15 is 0 Å². The Hall–Kier alpha value is -2.83. The number of nitrogens with zero attached hydrogens (tertiary/aromatic N) is 2. The molecule has 0 unspecified atom stereocenters. The second kappa shape index (κ2) is 6.56. The van der Waals surface area contributed by atoms with Crippen molar-refractivity contribution in [2.45, 2.75) is 13.0 Å². The molecule has 2 rings (SSSR count). The highest BCUT2D eigenvalue weighted by Crippen LogP contribution is 2.26. The van der Waals surface area contributed by atoms with Gasteiger partial charge in [-0.3, -0.25) is 9.59 Å². The average Bonchev–Trinajstić information content (AvgIpc) is 2.47. The van der Waals surface area contributed by atoms with E-state index in [9.17, 15) is 9.59 Å². The van der Waals surface area contributed by atoms with Gasteiger partial charge in [-0.25, -0.2) is 4.68 Å². The molecule has 0 radical (unpaired) electrons. The first-order valence-electron chi connectivity index (χ1n) is 6.35. The van der Waals surface area contributed by atoms with E-state index in [1.807, 2.05) is 0 Å². The number of rotatable bonds is 5. The van der Waals surface area contributed by atoms with Gasteiger partial charge < -0.3 is 15.8 Å². The van der Waals surface area contributed by atoms with Crippen LogP contribution in [0.25, 0.3) is 0 Å². The van der Waals surface area contributed by atoms with E-state index in [1.54, 1.807) is 24.3 Å². The van der Waals surface area contributed by atoms with Gasteiger partial charge in [0.25, 0.3) is 5.56 Å². The molecule has 3 N–H and O–H groups in total. The molecule has 0 spiro atoms. The van der Waals surface area contributed by atoms with Crippen LogP contribution >= 0.6 is 0 Å². The number of aryl methyl sites for hydroxylation is 1. The number of hydrogen-bond donors (Lipinski definition) is 2. The van der Waals surface area contributed by atoms with Gasteiger partial charge >= 0.3 is 0 Å². The Kier molecular flexibility index (Phi) is 4.55. The molecule has 0 bridgehead atoms. The number of nitrogens with two attached hydrogens (primary N) is 1. The standard InChI is InChI=1S/C14H16N4O3/c1-21-12-5-4-10(15)9-11(12)17-13(19)6-8-18-14(20)3-2-7-16-18/h2-5,7,9H,6,8,15H2,1H3,(H,17,19). The number of ether oxygens (including phenoxy) is 1. The molecule has 0 saturated heterocycles. The highest BCUT2D eigenvalue weighted by molar-refractivity contribution is 5.92. The lowest BCUT2D eigenvalue weighted by Gasteiger charge is -2.11. The maximum Gasteiger partial charge on any atom is 0.266 e. The third-order valence-corrected chi connectivity index (χ3v) is 2.83. The normalized spacial score (nSPS) is 10.1. The van der Waals surface area contributed by atoms with Crippen LogP contribution < -0.4 is 21.3 Å². The van der Waals surface area contributed by atoms with Crippen LogP contribution in [-0.4, -0.2) is 22.8 Å². The zero-order valence-electron chi connectivity index (χ0n) is 11.6. The lowest BCUT2D eigenvalue weighted by Crippen LogP contribution is -2.24. The third-order valence-electron chi connectivity index (χ3n) is 2.83. The summed E-state index contributed by atoms with van der Waals surface area (Å²) in [6, 6.07) is 7.92. The molecule has 21 heavy (non-hydrogen) atoms. The summed E-state index contributed by atoms with van der Waals surface area (Å²) in [6.07, 6.45) is 1.62. The molecule has 110 valence electrons. The van der Waals surface area contributed by atoms with Gasteiger partial charge in [0.15, 0.2) is 0 Å². The van der Waals surface area contributed by atoms with E-state index in [0.717, 1.165) is 0 Å². The maximum atomic E-state index is 11.9. The quantitative estimate of drug-likeness (QED) is 0.795. The van der Waals surface area contributed by atoms with Crippen LogP contribution in [0.15, 0.2) is 41.3 Å². The lowest BCUT2D eigenvalue weighted by molar-refractivity contribution is -0.116. The van der Waals surface area contributed by atoms with Crippen molar-refractivity contribution in [1.82, 2.24) is 9.78 Å². The van der Waals surface area contributed by atoms with Crippen LogP contribution in [-0.2, 0) is 11.3 Å². The molecule has 1 amide bonds. The lowest BCUT2D eigenvalue weighted by atomic mass is 10.2. The van der Waals surface area contributed by atoms with Gasteiger partial charge in [0.2, 0.25) is 5.91 Å². The fourth-order valence-electron chi connectivity index (χ4n) is 1.80. The number of methoxy groups -OCH3 is 1. The predicted octanol–water partition coefficient (Wildman–Crippen LogP) is 0.863. The Morgan fingerprint density at radius 2 is 2.24 bits per heavy atom. The van der Waals surface area contributed by atoms with Crippen LogP contribution in [0.5, 0.6) is 5.75 Å². The fourth-order valence-corrected chi connectivity index (χ4v) is 1.80. The fraction of sp³-hybridized carbons (Fsp3) is 0.214. The molecule has 0 fully saturated rings. The number of anilines is 2. The molecule has 0 aliphatic carbocycles. The minimum absolute atomic E-state index is 0.120. The summed E-state index contributed by atoms with van der Waals surface area (Å²) in [5.74, 6) is 0.268. The van der Waals surface area contributed by atoms with Gasteiger partial charge in [0, 0.05) is 24.4 Å². The second-order valence-corrected chi connectivity index (χ2v) is 4.34. The van der Waals surface area contributed by atoms with Gasteiger partial charge in [-0.1, -0.05) is 0 Å². The topological polar surface area (TPSA) is 99.2 Å². The molecule has 7 nitrogen and oxygen atoms in total. The zero-order chi connectivity index (χ0) is 15.2. The Labute approximate surface area is 121 Å². The number of carbonyl (C=O) groups excluding carboxylic acids is 1. The third kappa shape index (κ3) is 3.82. The molecule has 1 aromatic carbocycles. The van der Waals surface area contributed by atoms with E-state index in [1.165, 1.54) is 24.1 Å². The van der Waals surface area contributed by atoms with Crippen LogP contribution in [0.3, 0.4) is 0 Å². The number of hydrogen-bond acceptors (Lipinski definition) is 5. The predicted molar refractivity (Wildman–Crippen MR) is 79.2 cm³/mol. The van der Waals surface area contributed by atoms with Gasteiger partial charge in [-0.2, -0.15) is 5.10 Å². The Bertz CT molecular complexity index is 697. The van der Waals surface area contributed by atoms with E-state index in [2.05, 4.69) is 10.4 Å². The number of benzene rings is 1. The van der Waals surface area contributed by atoms with Crippen molar-refractivity contribution in [1.29, 1.82) is 0 Å². The highest BCUT2D eigenvalue weighted by Gasteiger charge is 2.08. The number of nitrogens with one attached hydrogen (secondary N) is 1. The Balaban J connectivity index is 2.01. The molecule has 1 aromatic heterocycles. The van der Waals surface area contributed by atoms with Gasteiger partial charge in [0.05, 0.1) is 19.3 Å². The van der Waals surface area contributed by atoms with Crippen molar-refractivity contribution in [3.8, 4) is 5.75 Å². The van der Waals surface area contributed by atoms with Crippen LogP contribution in [0.2, 0.25) is 0 Å². The zero-order valence-corrected chi connectivity index (χ0v) is 11.6. The maximum absolute atomic E-state index is 11.9. The molecule has 0 saturated carbocycles. The summed E-state index contributed by atoms with van der Waals surface area (Å²) in [4.78, 5) is 23.4. The summed E-state index contributed by atoms with van der Waals surface area (Å²) >= 11 is 0. The number of amides is 1. The summed E-state index contributed by atoms with van der Waals surface area (Å²) in [5, 5.41) is 6.59. The van der Waals surface area contributed by atoms with E-state index in [-0.39, 0.29) is 24.4 Å². The van der Waals surface area contributed by atoms with Gasteiger partial charge in [0.1, 0.15) is 5.75 Å². The second-order valence-electron chi connectivity index (χ2n) is 4.34. The van der Waals surface area contributed by atoms with E-state index in [4.69, 9.17) is 10.5 Å². The van der Waals surface area contributed by atoms with Gasteiger partial charge in [-0.15, -0.1) is 0 Å². The monoisotopic (exact) mass is 288 g/mol. The van der Waals surface area contributed by atoms with Crippen LogP contribution in [0.1, 0.15) is 6.42 Å². The van der Waals surface area contributed by atoms with Crippen LogP contribution in [0, 0.1) is 0 Å². The van der Waals surface area contributed by atoms with E-state index in [0.29, 0.717) is 17.1 Å². The largest absolute Gasteiger partial charge is 0.495 e. The molecule has 0 aliphatic heterocycles. The summed E-state index contributed by atoms with van der Waals surface area (Å²) in [7, 11) is 1.51. The van der Waals surface area contributed by atoms with Crippen molar-refractivity contribution in [2.75, 3.05) is 18.2 Å². The Morgan fingerprint density at radius 1 is 1.43 bits per heavy atom. The van der Waals surface area contributed by atoms with Gasteiger partial charge in [-0.05, 0) is 24.3 Å². The minimum Gasteiger partial charge on any atom is -0.495 e. The highest BCUT2D eigenvalue weighted by atomic mass is 16.5. The first kappa shape index (κ1) is 14.6. The molecular formula is C14H16N4O3. The van der Waals surface area contributed by atoms with Crippen molar-refractivity contribution in [3.63, 3.8) is 0 Å². The molecule has 1 heterocycles. The summed E-state index contributed by atoms with van der Waals surface area (Å²) < 4.78 is 6.38. The van der Waals surface area contributed by atoms with Crippen molar-refractivity contribution >= 4 is 17.3 Å². The SMILES string of the molecule is COc1ccc(N)cc1NC(=O)CCn1ncccc1=O.